The number of fused-ring (bicyclic) bond motifs is 1. The highest BCUT2D eigenvalue weighted by Gasteiger charge is 2.26. The van der Waals surface area contributed by atoms with Crippen LogP contribution in [-0.2, 0) is 4.74 Å². The molecule has 1 fully saturated rings. The highest BCUT2D eigenvalue weighted by Crippen LogP contribution is 2.26. The van der Waals surface area contributed by atoms with Crippen molar-refractivity contribution in [3.63, 3.8) is 0 Å². The molecule has 1 amide bonds. The fourth-order valence-electron chi connectivity index (χ4n) is 3.58. The maximum Gasteiger partial charge on any atom is 0.410 e. The van der Waals surface area contributed by atoms with E-state index in [9.17, 15) is 4.79 Å². The fourth-order valence-corrected chi connectivity index (χ4v) is 3.58. The first kappa shape index (κ1) is 20.2. The smallest absolute Gasteiger partial charge is 0.410 e. The molecule has 0 radical (unpaired) electrons. The third kappa shape index (κ3) is 4.72. The van der Waals surface area contributed by atoms with Crippen molar-refractivity contribution >= 4 is 11.6 Å². The normalized spacial score (nSPS) is 17.6. The number of carbonyl (C=O) groups is 1. The molecular weight excluding hydrogens is 380 g/mol. The molecule has 0 bridgehead atoms. The Bertz CT molecular complexity index is 1010. The summed E-state index contributed by atoms with van der Waals surface area (Å²) in [5.74, 6) is 0.574. The van der Waals surface area contributed by atoms with Crippen molar-refractivity contribution in [2.24, 2.45) is 0 Å². The van der Waals surface area contributed by atoms with Gasteiger partial charge in [-0.25, -0.2) is 14.3 Å². The van der Waals surface area contributed by atoms with Gasteiger partial charge in [0.25, 0.3) is 0 Å². The molecule has 7 heteroatoms. The molecule has 0 spiro atoms. The summed E-state index contributed by atoms with van der Waals surface area (Å²) in [4.78, 5) is 19.0. The Morgan fingerprint density at radius 2 is 1.90 bits per heavy atom. The van der Waals surface area contributed by atoms with Gasteiger partial charge in [-0.15, -0.1) is 0 Å². The summed E-state index contributed by atoms with van der Waals surface area (Å²) in [5.41, 5.74) is 2.17. The molecule has 158 valence electrons. The van der Waals surface area contributed by atoms with Crippen LogP contribution >= 0.6 is 0 Å². The average molecular weight is 409 g/mol. The van der Waals surface area contributed by atoms with E-state index in [0.717, 1.165) is 36.0 Å². The Balaban J connectivity index is 1.50. The van der Waals surface area contributed by atoms with Gasteiger partial charge < -0.3 is 14.4 Å². The second-order valence-corrected chi connectivity index (χ2v) is 8.60. The highest BCUT2D eigenvalue weighted by atomic mass is 16.6. The third-order valence-electron chi connectivity index (χ3n) is 5.03. The zero-order valence-electron chi connectivity index (χ0n) is 17.7. The predicted molar refractivity (Wildman–Crippen MR) is 114 cm³/mol. The van der Waals surface area contributed by atoms with Crippen molar-refractivity contribution in [2.45, 2.75) is 51.7 Å². The molecule has 3 aromatic rings. The van der Waals surface area contributed by atoms with Crippen molar-refractivity contribution in [1.29, 1.82) is 0 Å². The van der Waals surface area contributed by atoms with E-state index in [1.807, 2.05) is 63.4 Å². The van der Waals surface area contributed by atoms with E-state index >= 15 is 0 Å². The van der Waals surface area contributed by atoms with Gasteiger partial charge in [-0.3, -0.25) is 0 Å². The maximum atomic E-state index is 12.4. The van der Waals surface area contributed by atoms with Gasteiger partial charge in [-0.1, -0.05) is 30.3 Å². The minimum absolute atomic E-state index is 0.0188. The largest absolute Gasteiger partial charge is 0.473 e. The van der Waals surface area contributed by atoms with Crippen molar-refractivity contribution < 1.29 is 14.3 Å². The van der Waals surface area contributed by atoms with Crippen LogP contribution in [0.2, 0.25) is 0 Å². The quantitative estimate of drug-likeness (QED) is 0.635. The summed E-state index contributed by atoms with van der Waals surface area (Å²) in [6.07, 6.45) is 5.83. The van der Waals surface area contributed by atoms with Gasteiger partial charge in [-0.05, 0) is 39.7 Å². The molecule has 1 aromatic carbocycles. The monoisotopic (exact) mass is 408 g/mol. The van der Waals surface area contributed by atoms with E-state index in [0.29, 0.717) is 19.0 Å². The predicted octanol–water partition coefficient (Wildman–Crippen LogP) is 4.56. The Morgan fingerprint density at radius 3 is 2.67 bits per heavy atom. The van der Waals surface area contributed by atoms with Gasteiger partial charge in [0.1, 0.15) is 17.2 Å². The van der Waals surface area contributed by atoms with Crippen LogP contribution in [-0.4, -0.2) is 50.4 Å². The number of aromatic nitrogens is 3. The van der Waals surface area contributed by atoms with Crippen molar-refractivity contribution in [2.75, 3.05) is 13.1 Å². The Morgan fingerprint density at radius 1 is 1.10 bits per heavy atom. The number of hydrogen-bond acceptors (Lipinski definition) is 5. The number of benzene rings is 1. The fraction of sp³-hybridized carbons (Fsp3) is 0.435. The number of nitrogens with zero attached hydrogens (tertiary/aromatic N) is 4. The van der Waals surface area contributed by atoms with Crippen molar-refractivity contribution in [3.05, 3.63) is 48.8 Å². The zero-order valence-corrected chi connectivity index (χ0v) is 17.7. The molecule has 1 aliphatic rings. The first-order valence-electron chi connectivity index (χ1n) is 10.4. The van der Waals surface area contributed by atoms with Crippen LogP contribution in [0.5, 0.6) is 5.88 Å². The highest BCUT2D eigenvalue weighted by molar-refractivity contribution is 5.68. The SMILES string of the molecule is CC(C)(C)OC(=O)N1CCCC(Oc2nc(-c3ccccc3)cn3nccc23)CC1. The molecular formula is C23H28N4O3. The minimum Gasteiger partial charge on any atom is -0.473 e. The summed E-state index contributed by atoms with van der Waals surface area (Å²) in [6, 6.07) is 11.9. The molecule has 0 aliphatic carbocycles. The number of likely N-dealkylation sites (tertiary alicyclic amines) is 1. The van der Waals surface area contributed by atoms with E-state index in [-0.39, 0.29) is 12.2 Å². The lowest BCUT2D eigenvalue weighted by atomic mass is 10.1. The summed E-state index contributed by atoms with van der Waals surface area (Å²) in [5, 5.41) is 4.37. The molecule has 30 heavy (non-hydrogen) atoms. The summed E-state index contributed by atoms with van der Waals surface area (Å²) < 4.78 is 13.7. The van der Waals surface area contributed by atoms with E-state index in [1.54, 1.807) is 15.6 Å². The number of hydrogen-bond donors (Lipinski definition) is 0. The van der Waals surface area contributed by atoms with Crippen LogP contribution in [0, 0.1) is 0 Å². The second-order valence-electron chi connectivity index (χ2n) is 8.60. The number of ether oxygens (including phenoxy) is 2. The molecule has 0 saturated carbocycles. The lowest BCUT2D eigenvalue weighted by molar-refractivity contribution is 0.0252. The van der Waals surface area contributed by atoms with E-state index in [2.05, 4.69) is 5.10 Å². The molecule has 1 saturated heterocycles. The van der Waals surface area contributed by atoms with Crippen LogP contribution in [0.15, 0.2) is 48.8 Å². The number of rotatable bonds is 3. The van der Waals surface area contributed by atoms with E-state index in [1.165, 1.54) is 0 Å². The van der Waals surface area contributed by atoms with Crippen LogP contribution < -0.4 is 4.74 Å². The third-order valence-corrected chi connectivity index (χ3v) is 5.03. The standard InChI is InChI=1S/C23H28N4O3/c1-23(2,3)30-22(28)26-14-7-10-18(12-15-26)29-21-20-11-13-24-27(20)16-19(25-21)17-8-5-4-6-9-17/h4-6,8-9,11,13,16,18H,7,10,12,14-15H2,1-3H3. The molecule has 3 heterocycles. The molecule has 4 rings (SSSR count). The molecule has 2 aromatic heterocycles. The van der Waals surface area contributed by atoms with Gasteiger partial charge >= 0.3 is 6.09 Å². The molecule has 1 aliphatic heterocycles. The topological polar surface area (TPSA) is 69.0 Å². The maximum absolute atomic E-state index is 12.4. The number of amides is 1. The van der Waals surface area contributed by atoms with Crippen LogP contribution in [0.25, 0.3) is 16.8 Å². The van der Waals surface area contributed by atoms with Gasteiger partial charge in [-0.2, -0.15) is 5.10 Å². The summed E-state index contributed by atoms with van der Waals surface area (Å²) in [7, 11) is 0. The first-order chi connectivity index (χ1) is 14.4. The summed E-state index contributed by atoms with van der Waals surface area (Å²) in [6.45, 7) is 6.94. The Labute approximate surface area is 176 Å². The average Bonchev–Trinajstić information content (AvgIpc) is 3.06. The lowest BCUT2D eigenvalue weighted by Gasteiger charge is -2.26. The molecule has 7 nitrogen and oxygen atoms in total. The Kier molecular flexibility index (Phi) is 5.61. The Hall–Kier alpha value is -3.09. The first-order valence-corrected chi connectivity index (χ1v) is 10.4. The number of carbonyl (C=O) groups excluding carboxylic acids is 1. The summed E-state index contributed by atoms with van der Waals surface area (Å²) >= 11 is 0. The lowest BCUT2D eigenvalue weighted by Crippen LogP contribution is -2.37. The minimum atomic E-state index is -0.491. The van der Waals surface area contributed by atoms with Gasteiger partial charge in [0, 0.05) is 25.1 Å². The van der Waals surface area contributed by atoms with Gasteiger partial charge in [0.15, 0.2) is 0 Å². The van der Waals surface area contributed by atoms with E-state index < -0.39 is 5.60 Å². The molecule has 0 N–H and O–H groups in total. The molecule has 1 atom stereocenters. The van der Waals surface area contributed by atoms with Gasteiger partial charge in [0.2, 0.25) is 5.88 Å². The van der Waals surface area contributed by atoms with Crippen molar-refractivity contribution in [3.8, 4) is 17.1 Å². The van der Waals surface area contributed by atoms with Crippen LogP contribution in [0.1, 0.15) is 40.0 Å². The second kappa shape index (κ2) is 8.34. The van der Waals surface area contributed by atoms with Crippen LogP contribution in [0.3, 0.4) is 0 Å². The van der Waals surface area contributed by atoms with Crippen molar-refractivity contribution in [1.82, 2.24) is 19.5 Å². The van der Waals surface area contributed by atoms with E-state index in [4.69, 9.17) is 14.5 Å². The van der Waals surface area contributed by atoms with Gasteiger partial charge in [0.05, 0.1) is 18.1 Å². The van der Waals surface area contributed by atoms with Crippen LogP contribution in [0.4, 0.5) is 4.79 Å². The zero-order chi connectivity index (χ0) is 21.1. The molecule has 1 unspecified atom stereocenters.